The van der Waals surface area contributed by atoms with Crippen molar-refractivity contribution >= 4 is 16.7 Å². The first-order chi connectivity index (χ1) is 7.81. The highest BCUT2D eigenvalue weighted by atomic mass is 16.6. The molecule has 1 aliphatic heterocycles. The monoisotopic (exact) mass is 219 g/mol. The lowest BCUT2D eigenvalue weighted by Gasteiger charge is -2.07. The summed E-state index contributed by atoms with van der Waals surface area (Å²) in [6.45, 7) is 1.40. The number of hydrogen-bond acceptors (Lipinski definition) is 4. The highest BCUT2D eigenvalue weighted by Gasteiger charge is 2.18. The van der Waals surface area contributed by atoms with Crippen molar-refractivity contribution in [3.05, 3.63) is 18.2 Å². The van der Waals surface area contributed by atoms with Crippen LogP contribution in [0.4, 0.5) is 5.69 Å². The summed E-state index contributed by atoms with van der Waals surface area (Å²) in [5.41, 5.74) is 8.16. The van der Waals surface area contributed by atoms with Crippen LogP contribution in [0.25, 0.3) is 11.0 Å². The summed E-state index contributed by atoms with van der Waals surface area (Å²) in [7, 11) is 0. The Morgan fingerprint density at radius 3 is 3.25 bits per heavy atom. The van der Waals surface area contributed by atoms with Gasteiger partial charge in [0, 0.05) is 12.1 Å². The summed E-state index contributed by atoms with van der Waals surface area (Å²) in [6, 6.07) is 6.08. The Hall–Kier alpha value is -1.75. The molecule has 1 atom stereocenters. The topological polar surface area (TPSA) is 73.2 Å². The number of anilines is 1. The number of rotatable bonds is 2. The Balaban J connectivity index is 1.86. The first-order valence-electron chi connectivity index (χ1n) is 5.31. The summed E-state index contributed by atoms with van der Waals surface area (Å²) in [5, 5.41) is 0. The summed E-state index contributed by atoms with van der Waals surface area (Å²) in [6.07, 6.45) is 1.03. The fourth-order valence-corrected chi connectivity index (χ4v) is 1.82. The number of benzene rings is 1. The normalized spacial score (nSPS) is 20.4. The summed E-state index contributed by atoms with van der Waals surface area (Å²) in [4.78, 5) is 7.42. The van der Waals surface area contributed by atoms with Gasteiger partial charge in [0.05, 0.1) is 24.2 Å². The molecule has 3 rings (SSSR count). The van der Waals surface area contributed by atoms with E-state index in [4.69, 9.17) is 15.2 Å². The van der Waals surface area contributed by atoms with E-state index in [0.29, 0.717) is 18.3 Å². The Kier molecular flexibility index (Phi) is 2.18. The molecule has 1 aliphatic rings. The molecule has 0 bridgehead atoms. The Labute approximate surface area is 92.6 Å². The second-order valence-electron chi connectivity index (χ2n) is 3.92. The van der Waals surface area contributed by atoms with Crippen molar-refractivity contribution in [2.75, 3.05) is 18.9 Å². The molecular formula is C11H13N3O2. The van der Waals surface area contributed by atoms with E-state index in [0.717, 1.165) is 24.1 Å². The van der Waals surface area contributed by atoms with Gasteiger partial charge in [-0.2, -0.15) is 4.98 Å². The molecule has 2 heterocycles. The number of ether oxygens (including phenoxy) is 2. The third kappa shape index (κ3) is 1.69. The average Bonchev–Trinajstić information content (AvgIpc) is 2.86. The SMILES string of the molecule is Nc1ccc2nc(OC3CCOC3)[nH]c2c1. The van der Waals surface area contributed by atoms with E-state index in [1.54, 1.807) is 0 Å². The van der Waals surface area contributed by atoms with Gasteiger partial charge in [-0.15, -0.1) is 0 Å². The Morgan fingerprint density at radius 1 is 1.50 bits per heavy atom. The van der Waals surface area contributed by atoms with Crippen molar-refractivity contribution in [2.24, 2.45) is 0 Å². The smallest absolute Gasteiger partial charge is 0.294 e. The predicted molar refractivity (Wildman–Crippen MR) is 60.4 cm³/mol. The molecule has 1 saturated heterocycles. The maximum atomic E-state index is 5.69. The lowest BCUT2D eigenvalue weighted by atomic mass is 10.3. The van der Waals surface area contributed by atoms with E-state index in [1.807, 2.05) is 18.2 Å². The van der Waals surface area contributed by atoms with Crippen LogP contribution in [0.2, 0.25) is 0 Å². The van der Waals surface area contributed by atoms with Gasteiger partial charge in [0.25, 0.3) is 6.01 Å². The minimum absolute atomic E-state index is 0.109. The summed E-state index contributed by atoms with van der Waals surface area (Å²) < 4.78 is 10.9. The van der Waals surface area contributed by atoms with Crippen LogP contribution in [0.15, 0.2) is 18.2 Å². The first-order valence-corrected chi connectivity index (χ1v) is 5.31. The molecule has 0 aliphatic carbocycles. The van der Waals surface area contributed by atoms with Crippen LogP contribution in [0.3, 0.4) is 0 Å². The molecule has 0 spiro atoms. The summed E-state index contributed by atoms with van der Waals surface area (Å²) in [5.74, 6) is 0. The van der Waals surface area contributed by atoms with Crippen molar-refractivity contribution in [3.63, 3.8) is 0 Å². The molecular weight excluding hydrogens is 206 g/mol. The second-order valence-corrected chi connectivity index (χ2v) is 3.92. The van der Waals surface area contributed by atoms with Crippen molar-refractivity contribution < 1.29 is 9.47 Å². The molecule has 0 radical (unpaired) electrons. The lowest BCUT2D eigenvalue weighted by Crippen LogP contribution is -2.16. The van der Waals surface area contributed by atoms with Crippen LogP contribution in [-0.4, -0.2) is 29.3 Å². The van der Waals surface area contributed by atoms with Gasteiger partial charge in [-0.1, -0.05) is 0 Å². The van der Waals surface area contributed by atoms with Gasteiger partial charge in [0.1, 0.15) is 6.10 Å². The van der Waals surface area contributed by atoms with Crippen molar-refractivity contribution in [3.8, 4) is 6.01 Å². The third-order valence-electron chi connectivity index (χ3n) is 2.65. The average molecular weight is 219 g/mol. The number of H-pyrrole nitrogens is 1. The Morgan fingerprint density at radius 2 is 2.44 bits per heavy atom. The zero-order chi connectivity index (χ0) is 11.0. The molecule has 3 N–H and O–H groups in total. The molecule has 2 aromatic rings. The number of imidazole rings is 1. The number of hydrogen-bond donors (Lipinski definition) is 2. The maximum Gasteiger partial charge on any atom is 0.294 e. The number of aromatic nitrogens is 2. The van der Waals surface area contributed by atoms with E-state index in [9.17, 15) is 0 Å². The first kappa shape index (κ1) is 9.47. The number of nitrogen functional groups attached to an aromatic ring is 1. The minimum atomic E-state index is 0.109. The minimum Gasteiger partial charge on any atom is -0.459 e. The molecule has 1 unspecified atom stereocenters. The Bertz CT molecular complexity index is 503. The zero-order valence-corrected chi connectivity index (χ0v) is 8.77. The lowest BCUT2D eigenvalue weighted by molar-refractivity contribution is 0.135. The van der Waals surface area contributed by atoms with Gasteiger partial charge in [-0.3, -0.25) is 0 Å². The highest BCUT2D eigenvalue weighted by Crippen LogP contribution is 2.20. The number of nitrogens with one attached hydrogen (secondary N) is 1. The van der Waals surface area contributed by atoms with E-state index in [1.165, 1.54) is 0 Å². The standard InChI is InChI=1S/C11H13N3O2/c12-7-1-2-9-10(5-7)14-11(13-9)16-8-3-4-15-6-8/h1-2,5,8H,3-4,6,12H2,(H,13,14). The van der Waals surface area contributed by atoms with Gasteiger partial charge < -0.3 is 20.2 Å². The molecule has 84 valence electrons. The molecule has 16 heavy (non-hydrogen) atoms. The molecule has 1 aromatic heterocycles. The van der Waals surface area contributed by atoms with Gasteiger partial charge >= 0.3 is 0 Å². The van der Waals surface area contributed by atoms with E-state index < -0.39 is 0 Å². The molecule has 0 saturated carbocycles. The summed E-state index contributed by atoms with van der Waals surface area (Å²) >= 11 is 0. The largest absolute Gasteiger partial charge is 0.459 e. The van der Waals surface area contributed by atoms with Gasteiger partial charge in [-0.25, -0.2) is 0 Å². The van der Waals surface area contributed by atoms with Gasteiger partial charge in [-0.05, 0) is 18.2 Å². The van der Waals surface area contributed by atoms with E-state index in [2.05, 4.69) is 9.97 Å². The predicted octanol–water partition coefficient (Wildman–Crippen LogP) is 1.31. The van der Waals surface area contributed by atoms with E-state index in [-0.39, 0.29) is 6.10 Å². The van der Waals surface area contributed by atoms with Gasteiger partial charge in [0.15, 0.2) is 0 Å². The number of fused-ring (bicyclic) bond motifs is 1. The molecule has 0 amide bonds. The maximum absolute atomic E-state index is 5.69. The van der Waals surface area contributed by atoms with Crippen LogP contribution in [0, 0.1) is 0 Å². The van der Waals surface area contributed by atoms with E-state index >= 15 is 0 Å². The number of nitrogens with zero attached hydrogens (tertiary/aromatic N) is 1. The fraction of sp³-hybridized carbons (Fsp3) is 0.364. The van der Waals surface area contributed by atoms with Crippen molar-refractivity contribution in [2.45, 2.75) is 12.5 Å². The molecule has 1 aromatic carbocycles. The van der Waals surface area contributed by atoms with Crippen LogP contribution in [0.5, 0.6) is 6.01 Å². The number of aromatic amines is 1. The highest BCUT2D eigenvalue weighted by molar-refractivity contribution is 5.79. The number of nitrogens with two attached hydrogens (primary N) is 1. The zero-order valence-electron chi connectivity index (χ0n) is 8.77. The molecule has 5 nitrogen and oxygen atoms in total. The van der Waals surface area contributed by atoms with Crippen LogP contribution < -0.4 is 10.5 Å². The second kappa shape index (κ2) is 3.68. The van der Waals surface area contributed by atoms with Gasteiger partial charge in [0.2, 0.25) is 0 Å². The molecule has 5 heteroatoms. The van der Waals surface area contributed by atoms with Crippen LogP contribution >= 0.6 is 0 Å². The molecule has 1 fully saturated rings. The fourth-order valence-electron chi connectivity index (χ4n) is 1.82. The van der Waals surface area contributed by atoms with Crippen molar-refractivity contribution in [1.82, 2.24) is 9.97 Å². The quantitative estimate of drug-likeness (QED) is 0.747. The van der Waals surface area contributed by atoms with Crippen molar-refractivity contribution in [1.29, 1.82) is 0 Å². The van der Waals surface area contributed by atoms with Crippen LogP contribution in [0.1, 0.15) is 6.42 Å². The van der Waals surface area contributed by atoms with Crippen LogP contribution in [-0.2, 0) is 4.74 Å². The third-order valence-corrected chi connectivity index (χ3v) is 2.65.